The summed E-state index contributed by atoms with van der Waals surface area (Å²) in [6.45, 7) is 4.73. The molecule has 0 spiro atoms. The molecule has 5 N–H and O–H groups in total. The van der Waals surface area contributed by atoms with Gasteiger partial charge in [-0.05, 0) is 11.5 Å². The van der Waals surface area contributed by atoms with Crippen molar-refractivity contribution in [3.05, 3.63) is 35.9 Å². The molecule has 0 saturated heterocycles. The molecular weight excluding hydrogens is 348 g/mol. The molecule has 8 nitrogen and oxygen atoms in total. The molecule has 1 aromatic rings. The number of hydrogen-bond donors (Lipinski definition) is 4. The summed E-state index contributed by atoms with van der Waals surface area (Å²) in [5, 5.41) is 7.74. The number of rotatable bonds is 10. The number of carbonyl (C=O) groups is 4. The van der Waals surface area contributed by atoms with Gasteiger partial charge >= 0.3 is 0 Å². The number of nitrogens with one attached hydrogen (secondary N) is 3. The maximum Gasteiger partial charge on any atom is 0.243 e. The van der Waals surface area contributed by atoms with E-state index in [1.807, 2.05) is 44.2 Å². The van der Waals surface area contributed by atoms with Gasteiger partial charge in [-0.25, -0.2) is 0 Å². The Morgan fingerprint density at radius 3 is 2.19 bits per heavy atom. The van der Waals surface area contributed by atoms with Crippen LogP contribution in [0.4, 0.5) is 0 Å². The summed E-state index contributed by atoms with van der Waals surface area (Å²) in [5.41, 5.74) is 5.93. The summed E-state index contributed by atoms with van der Waals surface area (Å²) in [6.07, 6.45) is 0.931. The van der Waals surface area contributed by atoms with Crippen molar-refractivity contribution in [1.82, 2.24) is 16.0 Å². The lowest BCUT2D eigenvalue weighted by atomic mass is 9.97. The number of primary amides is 1. The van der Waals surface area contributed by atoms with Gasteiger partial charge in [-0.3, -0.25) is 19.2 Å². The Bertz CT molecular complexity index is 663. The average Bonchev–Trinajstić information content (AvgIpc) is 2.63. The number of benzene rings is 1. The van der Waals surface area contributed by atoms with Gasteiger partial charge in [0.25, 0.3) is 0 Å². The van der Waals surface area contributed by atoms with Crippen LogP contribution < -0.4 is 21.7 Å². The molecule has 4 amide bonds. The van der Waals surface area contributed by atoms with Crippen molar-refractivity contribution in [2.45, 2.75) is 45.7 Å². The smallest absolute Gasteiger partial charge is 0.243 e. The zero-order valence-electron chi connectivity index (χ0n) is 16.0. The topological polar surface area (TPSA) is 130 Å². The standard InChI is InChI=1S/C19H28N4O4/c1-4-12(2)17(19(27)21-11-16(20)25)23-18(26)15(22-13(3)24)10-14-8-6-5-7-9-14/h5-9,12,15,17H,4,10-11H2,1-3H3,(H2,20,25)(H,21,27)(H,22,24)(H,23,26)/t12-,15-,17-/m0/s1. The summed E-state index contributed by atoms with van der Waals surface area (Å²) in [5.74, 6) is -2.13. The lowest BCUT2D eigenvalue weighted by molar-refractivity contribution is -0.133. The molecule has 0 unspecified atom stereocenters. The molecular formula is C19H28N4O4. The monoisotopic (exact) mass is 376 g/mol. The maximum atomic E-state index is 12.8. The van der Waals surface area contributed by atoms with Gasteiger partial charge in [0.1, 0.15) is 12.1 Å². The molecule has 148 valence electrons. The maximum absolute atomic E-state index is 12.8. The number of nitrogens with two attached hydrogens (primary N) is 1. The third-order valence-electron chi connectivity index (χ3n) is 4.21. The van der Waals surface area contributed by atoms with Crippen molar-refractivity contribution in [3.8, 4) is 0 Å². The van der Waals surface area contributed by atoms with E-state index in [4.69, 9.17) is 5.73 Å². The van der Waals surface area contributed by atoms with Gasteiger partial charge in [-0.15, -0.1) is 0 Å². The van der Waals surface area contributed by atoms with Crippen LogP contribution in [0.15, 0.2) is 30.3 Å². The first kappa shape index (κ1) is 22.1. The molecule has 0 bridgehead atoms. The van der Waals surface area contributed by atoms with Crippen LogP contribution >= 0.6 is 0 Å². The zero-order valence-corrected chi connectivity index (χ0v) is 16.0. The van der Waals surface area contributed by atoms with Crippen molar-refractivity contribution in [2.75, 3.05) is 6.54 Å². The highest BCUT2D eigenvalue weighted by Gasteiger charge is 2.29. The molecule has 0 fully saturated rings. The van der Waals surface area contributed by atoms with Gasteiger partial charge in [0.2, 0.25) is 23.6 Å². The fourth-order valence-corrected chi connectivity index (χ4v) is 2.54. The first-order valence-electron chi connectivity index (χ1n) is 8.92. The van der Waals surface area contributed by atoms with E-state index in [0.29, 0.717) is 12.8 Å². The minimum Gasteiger partial charge on any atom is -0.368 e. The van der Waals surface area contributed by atoms with E-state index in [1.165, 1.54) is 6.92 Å². The van der Waals surface area contributed by atoms with Crippen LogP contribution in [0.5, 0.6) is 0 Å². The van der Waals surface area contributed by atoms with Crippen LogP contribution in [0.2, 0.25) is 0 Å². The van der Waals surface area contributed by atoms with E-state index in [9.17, 15) is 19.2 Å². The zero-order chi connectivity index (χ0) is 20.4. The van der Waals surface area contributed by atoms with E-state index in [-0.39, 0.29) is 18.4 Å². The first-order chi connectivity index (χ1) is 12.7. The third kappa shape index (κ3) is 7.89. The second-order valence-corrected chi connectivity index (χ2v) is 6.50. The number of carbonyl (C=O) groups excluding carboxylic acids is 4. The fourth-order valence-electron chi connectivity index (χ4n) is 2.54. The Kier molecular flexibility index (Phi) is 8.98. The number of hydrogen-bond acceptors (Lipinski definition) is 4. The predicted molar refractivity (Wildman–Crippen MR) is 101 cm³/mol. The highest BCUT2D eigenvalue weighted by molar-refractivity contribution is 5.93. The lowest BCUT2D eigenvalue weighted by Crippen LogP contribution is -2.56. The van der Waals surface area contributed by atoms with E-state index in [2.05, 4.69) is 16.0 Å². The van der Waals surface area contributed by atoms with Gasteiger partial charge < -0.3 is 21.7 Å². The Hall–Kier alpha value is -2.90. The van der Waals surface area contributed by atoms with Gasteiger partial charge in [0.05, 0.1) is 6.54 Å². The lowest BCUT2D eigenvalue weighted by Gasteiger charge is -2.26. The summed E-state index contributed by atoms with van der Waals surface area (Å²) in [4.78, 5) is 47.5. The van der Waals surface area contributed by atoms with Gasteiger partial charge in [-0.2, -0.15) is 0 Å². The predicted octanol–water partition coefficient (Wildman–Crippen LogP) is -0.134. The van der Waals surface area contributed by atoms with Crippen LogP contribution in [0, 0.1) is 5.92 Å². The van der Waals surface area contributed by atoms with Crippen LogP contribution in [0.25, 0.3) is 0 Å². The molecule has 1 rings (SSSR count). The summed E-state index contributed by atoms with van der Waals surface area (Å²) >= 11 is 0. The summed E-state index contributed by atoms with van der Waals surface area (Å²) < 4.78 is 0. The van der Waals surface area contributed by atoms with Crippen molar-refractivity contribution in [1.29, 1.82) is 0 Å². The van der Waals surface area contributed by atoms with Gasteiger partial charge in [0, 0.05) is 13.3 Å². The van der Waals surface area contributed by atoms with E-state index in [0.717, 1.165) is 5.56 Å². The molecule has 0 aliphatic carbocycles. The Morgan fingerprint density at radius 1 is 1.04 bits per heavy atom. The van der Waals surface area contributed by atoms with Crippen LogP contribution in [-0.2, 0) is 25.6 Å². The van der Waals surface area contributed by atoms with Crippen LogP contribution in [0.3, 0.4) is 0 Å². The van der Waals surface area contributed by atoms with Crippen molar-refractivity contribution >= 4 is 23.6 Å². The van der Waals surface area contributed by atoms with Crippen molar-refractivity contribution < 1.29 is 19.2 Å². The van der Waals surface area contributed by atoms with E-state index < -0.39 is 29.8 Å². The van der Waals surface area contributed by atoms with Crippen LogP contribution in [-0.4, -0.2) is 42.3 Å². The molecule has 0 aromatic heterocycles. The molecule has 8 heteroatoms. The minimum absolute atomic E-state index is 0.170. The first-order valence-corrected chi connectivity index (χ1v) is 8.92. The van der Waals surface area contributed by atoms with E-state index >= 15 is 0 Å². The second-order valence-electron chi connectivity index (χ2n) is 6.50. The molecule has 0 radical (unpaired) electrons. The highest BCUT2D eigenvalue weighted by atomic mass is 16.2. The molecule has 1 aromatic carbocycles. The Morgan fingerprint density at radius 2 is 1.67 bits per heavy atom. The Balaban J connectivity index is 2.90. The van der Waals surface area contributed by atoms with Gasteiger partial charge in [0.15, 0.2) is 0 Å². The van der Waals surface area contributed by atoms with Crippen molar-refractivity contribution in [2.24, 2.45) is 11.7 Å². The normalized spacial score (nSPS) is 13.7. The van der Waals surface area contributed by atoms with Crippen LogP contribution in [0.1, 0.15) is 32.8 Å². The minimum atomic E-state index is -0.839. The molecule has 0 aliphatic rings. The summed E-state index contributed by atoms with van der Waals surface area (Å²) in [7, 11) is 0. The fraction of sp³-hybridized carbons (Fsp3) is 0.474. The SMILES string of the molecule is CC[C@H](C)[C@H](NC(=O)[C@H](Cc1ccccc1)NC(C)=O)C(=O)NCC(N)=O. The quantitative estimate of drug-likeness (QED) is 0.453. The average molecular weight is 376 g/mol. The molecule has 0 aliphatic heterocycles. The summed E-state index contributed by atoms with van der Waals surface area (Å²) in [6, 6.07) is 7.60. The molecule has 0 saturated carbocycles. The largest absolute Gasteiger partial charge is 0.368 e. The highest BCUT2D eigenvalue weighted by Crippen LogP contribution is 2.10. The molecule has 3 atom stereocenters. The van der Waals surface area contributed by atoms with E-state index in [1.54, 1.807) is 0 Å². The van der Waals surface area contributed by atoms with Crippen molar-refractivity contribution in [3.63, 3.8) is 0 Å². The molecule has 0 heterocycles. The second kappa shape index (κ2) is 10.9. The molecule has 27 heavy (non-hydrogen) atoms. The number of amides is 4. The Labute approximate surface area is 159 Å². The van der Waals surface area contributed by atoms with Gasteiger partial charge in [-0.1, -0.05) is 50.6 Å². The third-order valence-corrected chi connectivity index (χ3v) is 4.21.